The van der Waals surface area contributed by atoms with Crippen molar-refractivity contribution >= 4 is 23.7 Å². The number of carboxylic acids is 1. The van der Waals surface area contributed by atoms with Crippen molar-refractivity contribution in [3.8, 4) is 11.1 Å². The van der Waals surface area contributed by atoms with E-state index in [4.69, 9.17) is 4.74 Å². The minimum Gasteiger partial charge on any atom is -0.480 e. The van der Waals surface area contributed by atoms with E-state index in [1.165, 1.54) is 17.1 Å². The van der Waals surface area contributed by atoms with Crippen LogP contribution in [0.4, 0.5) is 10.5 Å². The first-order valence-electron chi connectivity index (χ1n) is 11.4. The van der Waals surface area contributed by atoms with E-state index in [0.717, 1.165) is 27.8 Å². The molecule has 1 aliphatic carbocycles. The topological polar surface area (TPSA) is 95.9 Å². The number of carbonyl (C=O) groups excluding carboxylic acids is 2. The minimum atomic E-state index is -1.06. The first-order chi connectivity index (χ1) is 17.0. The molecule has 0 aromatic heterocycles. The third-order valence-electron chi connectivity index (χ3n) is 6.47. The fourth-order valence-electron chi connectivity index (χ4n) is 4.89. The van der Waals surface area contributed by atoms with E-state index in [-0.39, 0.29) is 25.5 Å². The molecule has 7 nitrogen and oxygen atoms in total. The van der Waals surface area contributed by atoms with Gasteiger partial charge in [0.25, 0.3) is 5.91 Å². The van der Waals surface area contributed by atoms with Crippen LogP contribution in [0.2, 0.25) is 0 Å². The van der Waals surface area contributed by atoms with E-state index >= 15 is 0 Å². The molecule has 0 saturated carbocycles. The van der Waals surface area contributed by atoms with Crippen molar-refractivity contribution in [3.63, 3.8) is 0 Å². The van der Waals surface area contributed by atoms with Gasteiger partial charge in [-0.2, -0.15) is 0 Å². The van der Waals surface area contributed by atoms with E-state index in [1.807, 2.05) is 36.4 Å². The predicted molar refractivity (Wildman–Crippen MR) is 131 cm³/mol. The van der Waals surface area contributed by atoms with Crippen molar-refractivity contribution in [2.24, 2.45) is 0 Å². The van der Waals surface area contributed by atoms with Gasteiger partial charge in [-0.05, 0) is 33.9 Å². The molecule has 2 aliphatic rings. The Labute approximate surface area is 202 Å². The van der Waals surface area contributed by atoms with Crippen molar-refractivity contribution in [2.75, 3.05) is 18.1 Å². The molecule has 2 N–H and O–H groups in total. The molecule has 35 heavy (non-hydrogen) atoms. The number of carboxylic acid groups (broad SMARTS) is 1. The molecular weight excluding hydrogens is 444 g/mol. The second-order valence-corrected chi connectivity index (χ2v) is 8.50. The third-order valence-corrected chi connectivity index (χ3v) is 6.47. The molecule has 1 heterocycles. The van der Waals surface area contributed by atoms with E-state index in [0.29, 0.717) is 5.69 Å². The number of nitrogens with zero attached hydrogens (tertiary/aromatic N) is 1. The van der Waals surface area contributed by atoms with Crippen LogP contribution in [0.5, 0.6) is 0 Å². The first-order valence-corrected chi connectivity index (χ1v) is 11.4. The predicted octanol–water partition coefficient (Wildman–Crippen LogP) is 4.12. The Hall–Kier alpha value is -4.39. The summed E-state index contributed by atoms with van der Waals surface area (Å²) in [6.07, 6.45) is 2.45. The monoisotopic (exact) mass is 468 g/mol. The smallest absolute Gasteiger partial charge is 0.407 e. The van der Waals surface area contributed by atoms with Crippen molar-refractivity contribution < 1.29 is 24.2 Å². The van der Waals surface area contributed by atoms with Crippen molar-refractivity contribution in [1.82, 2.24) is 5.32 Å². The van der Waals surface area contributed by atoms with Gasteiger partial charge < -0.3 is 15.2 Å². The first kappa shape index (κ1) is 22.4. The molecule has 176 valence electrons. The number of hydrogen-bond acceptors (Lipinski definition) is 4. The summed E-state index contributed by atoms with van der Waals surface area (Å²) in [5, 5.41) is 12.1. The van der Waals surface area contributed by atoms with Crippen LogP contribution in [-0.4, -0.2) is 42.3 Å². The molecule has 3 aromatic carbocycles. The highest BCUT2D eigenvalue weighted by Crippen LogP contribution is 2.44. The largest absolute Gasteiger partial charge is 0.480 e. The normalized spacial score (nSPS) is 16.0. The Morgan fingerprint density at radius 2 is 1.57 bits per heavy atom. The van der Waals surface area contributed by atoms with Gasteiger partial charge in [-0.3, -0.25) is 9.69 Å². The summed E-state index contributed by atoms with van der Waals surface area (Å²) in [5.41, 5.74) is 5.98. The number of rotatable bonds is 6. The number of alkyl carbamates (subject to hydrolysis) is 1. The van der Waals surface area contributed by atoms with Crippen LogP contribution in [0.1, 0.15) is 22.6 Å². The zero-order chi connectivity index (χ0) is 24.4. The van der Waals surface area contributed by atoms with Gasteiger partial charge in [0.05, 0.1) is 0 Å². The van der Waals surface area contributed by atoms with E-state index in [1.54, 1.807) is 12.1 Å². The lowest BCUT2D eigenvalue weighted by atomic mass is 9.98. The van der Waals surface area contributed by atoms with Crippen LogP contribution in [0.15, 0.2) is 84.9 Å². The maximum Gasteiger partial charge on any atom is 0.407 e. The summed E-state index contributed by atoms with van der Waals surface area (Å²) in [5.74, 6) is -1.54. The molecule has 0 fully saturated rings. The Bertz CT molecular complexity index is 1290. The van der Waals surface area contributed by atoms with Crippen LogP contribution in [0.3, 0.4) is 0 Å². The molecule has 1 atom stereocenters. The summed E-state index contributed by atoms with van der Waals surface area (Å²) in [6, 6.07) is 22.4. The number of amides is 2. The zero-order valence-corrected chi connectivity index (χ0v) is 18.9. The summed E-state index contributed by atoms with van der Waals surface area (Å²) in [4.78, 5) is 37.9. The van der Waals surface area contributed by atoms with Gasteiger partial charge >= 0.3 is 12.1 Å². The number of anilines is 1. The summed E-state index contributed by atoms with van der Waals surface area (Å²) < 4.78 is 5.48. The quantitative estimate of drug-likeness (QED) is 0.531. The maximum atomic E-state index is 12.7. The molecule has 3 aromatic rings. The highest BCUT2D eigenvalue weighted by molar-refractivity contribution is 6.07. The number of benzene rings is 3. The lowest BCUT2D eigenvalue weighted by molar-refractivity contribution is -0.139. The SMILES string of the molecule is O=C(NC/C=C/C(=O)N1c2ccccc2CC1C(=O)O)OCC1c2ccccc2-c2ccccc21. The number of fused-ring (bicyclic) bond motifs is 4. The molecular formula is C28H24N2O5. The molecule has 0 saturated heterocycles. The zero-order valence-electron chi connectivity index (χ0n) is 18.9. The molecule has 7 heteroatoms. The van der Waals surface area contributed by atoms with Gasteiger partial charge in [-0.25, -0.2) is 9.59 Å². The number of nitrogens with one attached hydrogen (secondary N) is 1. The van der Waals surface area contributed by atoms with Crippen LogP contribution in [0, 0.1) is 0 Å². The van der Waals surface area contributed by atoms with Crippen molar-refractivity contribution in [2.45, 2.75) is 18.4 Å². The van der Waals surface area contributed by atoms with E-state index < -0.39 is 24.0 Å². The highest BCUT2D eigenvalue weighted by Gasteiger charge is 2.37. The van der Waals surface area contributed by atoms with Crippen LogP contribution < -0.4 is 10.2 Å². The molecule has 2 amide bonds. The molecule has 1 unspecified atom stereocenters. The number of ether oxygens (including phenoxy) is 1. The lowest BCUT2D eigenvalue weighted by Crippen LogP contribution is -2.42. The summed E-state index contributed by atoms with van der Waals surface area (Å²) in [6.45, 7) is 0.281. The van der Waals surface area contributed by atoms with E-state index in [2.05, 4.69) is 29.6 Å². The van der Waals surface area contributed by atoms with Gasteiger partial charge in [-0.1, -0.05) is 72.8 Å². The fraction of sp³-hybridized carbons (Fsp3) is 0.179. The van der Waals surface area contributed by atoms with E-state index in [9.17, 15) is 19.5 Å². The number of para-hydroxylation sites is 1. The second kappa shape index (κ2) is 9.46. The van der Waals surface area contributed by atoms with Crippen molar-refractivity contribution in [1.29, 1.82) is 0 Å². The Morgan fingerprint density at radius 3 is 2.26 bits per heavy atom. The molecule has 1 aliphatic heterocycles. The summed E-state index contributed by atoms with van der Waals surface area (Å²) in [7, 11) is 0. The molecule has 5 rings (SSSR count). The second-order valence-electron chi connectivity index (χ2n) is 8.50. The van der Waals surface area contributed by atoms with Crippen LogP contribution >= 0.6 is 0 Å². The Morgan fingerprint density at radius 1 is 0.943 bits per heavy atom. The third kappa shape index (κ3) is 4.28. The van der Waals surface area contributed by atoms with Crippen LogP contribution in [-0.2, 0) is 20.7 Å². The lowest BCUT2D eigenvalue weighted by Gasteiger charge is -2.21. The Kier molecular flexibility index (Phi) is 6.06. The Balaban J connectivity index is 1.17. The van der Waals surface area contributed by atoms with Gasteiger partial charge in [0, 0.05) is 30.6 Å². The summed E-state index contributed by atoms with van der Waals surface area (Å²) >= 11 is 0. The van der Waals surface area contributed by atoms with Gasteiger partial charge in [0.2, 0.25) is 0 Å². The van der Waals surface area contributed by atoms with Gasteiger partial charge in [-0.15, -0.1) is 0 Å². The van der Waals surface area contributed by atoms with Gasteiger partial charge in [0.15, 0.2) is 0 Å². The average molecular weight is 469 g/mol. The highest BCUT2D eigenvalue weighted by atomic mass is 16.5. The fourth-order valence-corrected chi connectivity index (χ4v) is 4.89. The van der Waals surface area contributed by atoms with Gasteiger partial charge in [0.1, 0.15) is 12.6 Å². The van der Waals surface area contributed by atoms with Crippen molar-refractivity contribution in [3.05, 3.63) is 102 Å². The molecule has 0 radical (unpaired) electrons. The van der Waals surface area contributed by atoms with Crippen LogP contribution in [0.25, 0.3) is 11.1 Å². The maximum absolute atomic E-state index is 12.7. The minimum absolute atomic E-state index is 0.0338. The molecule has 0 bridgehead atoms. The average Bonchev–Trinajstić information content (AvgIpc) is 3.42. The number of carbonyl (C=O) groups is 3. The molecule has 0 spiro atoms. The number of aliphatic carboxylic acids is 1. The standard InChI is InChI=1S/C28H24N2O5/c31-26(30-24-13-6-1-8-18(24)16-25(30)27(32)33)14-7-15-29-28(34)35-17-23-21-11-4-2-9-19(21)20-10-3-5-12-22(20)23/h1-14,23,25H,15-17H2,(H,29,34)(H,32,33)/b14-7+. The number of hydrogen-bond donors (Lipinski definition) is 2.